The third-order valence-electron chi connectivity index (χ3n) is 0. The molecule has 0 bridgehead atoms. The monoisotopic (exact) mass is 331 g/mol. The molecule has 0 N–H and O–H groups in total. The van der Waals surface area contributed by atoms with Gasteiger partial charge in [0, 0.05) is 0 Å². The summed E-state index contributed by atoms with van der Waals surface area (Å²) in [6.45, 7) is 0. The second kappa shape index (κ2) is 21.8. The summed E-state index contributed by atoms with van der Waals surface area (Å²) in [7, 11) is 0. The summed E-state index contributed by atoms with van der Waals surface area (Å²) < 4.78 is 8.06. The molecular formula is H2AgBrIO. The summed E-state index contributed by atoms with van der Waals surface area (Å²) in [5.41, 5.74) is 0. The predicted molar refractivity (Wildman–Crippen MR) is 26.4 cm³/mol. The van der Waals surface area contributed by atoms with Crippen LogP contribution in [0.15, 0.2) is 0 Å². The van der Waals surface area contributed by atoms with Crippen molar-refractivity contribution in [2.24, 2.45) is 0 Å². The predicted octanol–water partition coefficient (Wildman–Crippen LogP) is 1.07. The van der Waals surface area contributed by atoms with E-state index in [-0.39, 0.29) is 41.0 Å². The van der Waals surface area contributed by atoms with E-state index in [1.807, 2.05) is 0 Å². The molecule has 0 radical (unpaired) electrons. The minimum atomic E-state index is 0. The van der Waals surface area contributed by atoms with Gasteiger partial charge in [-0.2, -0.15) is 0 Å². The van der Waals surface area contributed by atoms with Gasteiger partial charge in [-0.05, 0) is 0 Å². The van der Waals surface area contributed by atoms with Crippen molar-refractivity contribution >= 4 is 41.0 Å². The second-order valence-corrected chi connectivity index (χ2v) is 0. The first kappa shape index (κ1) is 17.2. The topological polar surface area (TPSA) is 17.1 Å². The molecule has 0 fully saturated rings. The van der Waals surface area contributed by atoms with Gasteiger partial charge < -0.3 is 0 Å². The van der Waals surface area contributed by atoms with Crippen LogP contribution in [0.2, 0.25) is 0 Å². The Labute approximate surface area is 64.6 Å². The van der Waals surface area contributed by atoms with Crippen LogP contribution >= 0.6 is 41.0 Å². The molecule has 0 aliphatic heterocycles. The molecule has 0 amide bonds. The van der Waals surface area contributed by atoms with Crippen molar-refractivity contribution in [3.8, 4) is 0 Å². The Kier molecular flexibility index (Phi) is 93.5. The van der Waals surface area contributed by atoms with Crippen LogP contribution in [-0.4, -0.2) is 0 Å². The molecule has 4 heteroatoms. The molecule has 0 unspecified atom stereocenters. The zero-order valence-electron chi connectivity index (χ0n) is 1.53. The van der Waals surface area contributed by atoms with Gasteiger partial charge >= 0.3 is 24.3 Å². The molecule has 0 aromatic rings. The van der Waals surface area contributed by atoms with Gasteiger partial charge in [-0.3, -0.25) is 0 Å². The summed E-state index contributed by atoms with van der Waals surface area (Å²) in [5.74, 6) is 0. The van der Waals surface area contributed by atoms with Gasteiger partial charge in [0.05, 0.1) is 0 Å². The average Bonchev–Trinajstić information content (AvgIpc) is 1.00. The van der Waals surface area contributed by atoms with Gasteiger partial charge in [-0.25, -0.2) is 0 Å². The Morgan fingerprint density at radius 3 is 1.25 bits per heavy atom. The zero-order valence-corrected chi connectivity index (χ0v) is 7.05. The Hall–Kier alpha value is 1.75. The Balaban J connectivity index is -0.00000000500. The first-order valence-electron chi connectivity index (χ1n) is 0.123. The molecule has 0 rings (SSSR count). The van der Waals surface area contributed by atoms with Gasteiger partial charge in [0.2, 0.25) is 0 Å². The van der Waals surface area contributed by atoms with Crippen LogP contribution in [0.4, 0.5) is 0 Å². The van der Waals surface area contributed by atoms with E-state index in [1.54, 1.807) is 21.0 Å². The van der Waals surface area contributed by atoms with Gasteiger partial charge in [-0.1, -0.05) is 0 Å². The average molecular weight is 333 g/mol. The van der Waals surface area contributed by atoms with Gasteiger partial charge in [0.15, 0.2) is 0 Å². The Bertz CT molecular complexity index is 8.00. The first-order chi connectivity index (χ1) is 1.00. The number of hydrogen-bond donors (Lipinski definition) is 0. The molecule has 0 aromatic heterocycles. The number of halogens is 2. The SMILES string of the molecule is Br.I.[O]=[Ag]. The van der Waals surface area contributed by atoms with Crippen LogP contribution < -0.4 is 0 Å². The van der Waals surface area contributed by atoms with Crippen LogP contribution in [-0.2, 0) is 24.3 Å². The van der Waals surface area contributed by atoms with E-state index in [2.05, 4.69) is 0 Å². The summed E-state index contributed by atoms with van der Waals surface area (Å²) >= 11 is 1.70. The quantitative estimate of drug-likeness (QED) is 0.479. The van der Waals surface area contributed by atoms with Crippen molar-refractivity contribution in [2.45, 2.75) is 0 Å². The van der Waals surface area contributed by atoms with Crippen LogP contribution in [0, 0.1) is 0 Å². The molecule has 0 aromatic carbocycles. The molecule has 0 heterocycles. The van der Waals surface area contributed by atoms with Crippen molar-refractivity contribution in [2.75, 3.05) is 0 Å². The van der Waals surface area contributed by atoms with Crippen LogP contribution in [0.3, 0.4) is 0 Å². The van der Waals surface area contributed by atoms with E-state index in [9.17, 15) is 0 Å². The van der Waals surface area contributed by atoms with Crippen molar-refractivity contribution in [1.29, 1.82) is 0 Å². The van der Waals surface area contributed by atoms with Crippen molar-refractivity contribution in [3.63, 3.8) is 0 Å². The normalized spacial score (nSPS) is 1.50. The summed E-state index contributed by atoms with van der Waals surface area (Å²) in [6, 6.07) is 0. The summed E-state index contributed by atoms with van der Waals surface area (Å²) in [4.78, 5) is 0. The van der Waals surface area contributed by atoms with Crippen molar-refractivity contribution in [1.82, 2.24) is 0 Å². The van der Waals surface area contributed by atoms with Crippen LogP contribution in [0.1, 0.15) is 0 Å². The first-order valence-corrected chi connectivity index (χ1v) is 0.728. The molecule has 0 atom stereocenters. The van der Waals surface area contributed by atoms with E-state index in [0.717, 1.165) is 0 Å². The van der Waals surface area contributed by atoms with Crippen LogP contribution in [0.5, 0.6) is 0 Å². The molecule has 0 aliphatic carbocycles. The standard InChI is InChI=1S/Ag.BrH.HI.O/h;2*1H;. The van der Waals surface area contributed by atoms with Gasteiger partial charge in [0.1, 0.15) is 0 Å². The van der Waals surface area contributed by atoms with Gasteiger partial charge in [0.25, 0.3) is 0 Å². The van der Waals surface area contributed by atoms with Gasteiger partial charge in [-0.15, -0.1) is 41.0 Å². The van der Waals surface area contributed by atoms with E-state index < -0.39 is 0 Å². The molecule has 0 saturated carbocycles. The molecule has 0 saturated heterocycles. The number of rotatable bonds is 0. The fourth-order valence-corrected chi connectivity index (χ4v) is 0. The molecule has 0 aliphatic rings. The fraction of sp³-hybridized carbons (Fsp3) is 0. The third kappa shape index (κ3) is 9.26. The molecule has 33 valence electrons. The summed E-state index contributed by atoms with van der Waals surface area (Å²) in [5, 5.41) is 0. The molecular weight excluding hydrogens is 331 g/mol. The second-order valence-electron chi connectivity index (χ2n) is 0. The van der Waals surface area contributed by atoms with E-state index in [1.165, 1.54) is 0 Å². The van der Waals surface area contributed by atoms with Crippen molar-refractivity contribution in [3.05, 3.63) is 0 Å². The molecule has 0 spiro atoms. The minimum absolute atomic E-state index is 0. The Morgan fingerprint density at radius 2 is 1.25 bits per heavy atom. The van der Waals surface area contributed by atoms with E-state index in [4.69, 9.17) is 3.25 Å². The van der Waals surface area contributed by atoms with E-state index >= 15 is 0 Å². The maximum absolute atomic E-state index is 8.06. The van der Waals surface area contributed by atoms with Crippen LogP contribution in [0.25, 0.3) is 0 Å². The maximum atomic E-state index is 8.06. The third-order valence-corrected chi connectivity index (χ3v) is 0. The molecule has 1 nitrogen and oxygen atoms in total. The molecule has 4 heavy (non-hydrogen) atoms. The van der Waals surface area contributed by atoms with E-state index in [0.29, 0.717) is 0 Å². The summed E-state index contributed by atoms with van der Waals surface area (Å²) in [6.07, 6.45) is 0. The zero-order chi connectivity index (χ0) is 2.00. The van der Waals surface area contributed by atoms with Crippen molar-refractivity contribution < 1.29 is 24.3 Å². The number of hydrogen-bond acceptors (Lipinski definition) is 1. The fourth-order valence-electron chi connectivity index (χ4n) is 0. The Morgan fingerprint density at radius 1 is 1.25 bits per heavy atom.